The van der Waals surface area contributed by atoms with Gasteiger partial charge in [0.25, 0.3) is 0 Å². The van der Waals surface area contributed by atoms with Crippen molar-refractivity contribution in [1.82, 2.24) is 0 Å². The molecular weight excluding hydrogens is 304 g/mol. The van der Waals surface area contributed by atoms with E-state index in [1.54, 1.807) is 26.4 Å². The van der Waals surface area contributed by atoms with Crippen molar-refractivity contribution < 1.29 is 19.3 Å². The standard InChI is InChI=1S/C20H17O4/c1-22-18-7-4-8-19(23-2)20(18)24-17-11-9-14(10-12-17)15-5-3-6-16(21)13-15/h3-13H,1-2H3. The summed E-state index contributed by atoms with van der Waals surface area (Å²) in [5, 5.41) is 11.5. The van der Waals surface area contributed by atoms with Gasteiger partial charge in [0.15, 0.2) is 17.2 Å². The Hall–Kier alpha value is -3.14. The second-order valence-electron chi connectivity index (χ2n) is 5.15. The lowest BCUT2D eigenvalue weighted by atomic mass is 10.1. The van der Waals surface area contributed by atoms with E-state index in [0.717, 1.165) is 11.1 Å². The zero-order valence-corrected chi connectivity index (χ0v) is 13.5. The molecule has 0 atom stereocenters. The second kappa shape index (κ2) is 6.96. The van der Waals surface area contributed by atoms with E-state index in [-0.39, 0.29) is 5.75 Å². The van der Waals surface area contributed by atoms with Crippen LogP contribution < -0.4 is 14.2 Å². The van der Waals surface area contributed by atoms with Gasteiger partial charge in [0, 0.05) is 0 Å². The molecule has 0 N–H and O–H groups in total. The predicted molar refractivity (Wildman–Crippen MR) is 91.6 cm³/mol. The molecule has 0 spiro atoms. The first-order valence-electron chi connectivity index (χ1n) is 7.47. The summed E-state index contributed by atoms with van der Waals surface area (Å²) < 4.78 is 16.6. The maximum atomic E-state index is 11.5. The Kier molecular flexibility index (Phi) is 4.57. The van der Waals surface area contributed by atoms with Crippen LogP contribution in [-0.4, -0.2) is 14.2 Å². The van der Waals surface area contributed by atoms with E-state index >= 15 is 0 Å². The van der Waals surface area contributed by atoms with E-state index in [0.29, 0.717) is 23.0 Å². The van der Waals surface area contributed by atoms with Crippen molar-refractivity contribution in [3.63, 3.8) is 0 Å². The SMILES string of the molecule is COc1cccc(OC)c1Oc1ccc(-c2cccc([O])c2)cc1. The lowest BCUT2D eigenvalue weighted by Crippen LogP contribution is -1.94. The van der Waals surface area contributed by atoms with Gasteiger partial charge in [-0.15, -0.1) is 0 Å². The first-order chi connectivity index (χ1) is 11.7. The van der Waals surface area contributed by atoms with Gasteiger partial charge in [-0.3, -0.25) is 5.11 Å². The van der Waals surface area contributed by atoms with Gasteiger partial charge in [0.05, 0.1) is 14.2 Å². The quantitative estimate of drug-likeness (QED) is 0.640. The van der Waals surface area contributed by atoms with E-state index < -0.39 is 0 Å². The fraction of sp³-hybridized carbons (Fsp3) is 0.100. The van der Waals surface area contributed by atoms with Crippen LogP contribution in [0.1, 0.15) is 0 Å². The van der Waals surface area contributed by atoms with Crippen LogP contribution in [0.3, 0.4) is 0 Å². The van der Waals surface area contributed by atoms with Crippen molar-refractivity contribution in [2.75, 3.05) is 14.2 Å². The minimum absolute atomic E-state index is 0.00779. The molecule has 3 aromatic rings. The van der Waals surface area contributed by atoms with Crippen molar-refractivity contribution in [2.24, 2.45) is 0 Å². The zero-order valence-electron chi connectivity index (χ0n) is 13.5. The van der Waals surface area contributed by atoms with Gasteiger partial charge < -0.3 is 14.2 Å². The Morgan fingerprint density at radius 1 is 0.708 bits per heavy atom. The molecule has 0 aliphatic heterocycles. The van der Waals surface area contributed by atoms with E-state index in [1.165, 1.54) is 6.07 Å². The highest BCUT2D eigenvalue weighted by atomic mass is 16.5. The summed E-state index contributed by atoms with van der Waals surface area (Å²) in [5.41, 5.74) is 1.83. The summed E-state index contributed by atoms with van der Waals surface area (Å²) in [6.45, 7) is 0. The maximum absolute atomic E-state index is 11.5. The van der Waals surface area contributed by atoms with Gasteiger partial charge in [-0.25, -0.2) is 0 Å². The number of methoxy groups -OCH3 is 2. The third-order valence-corrected chi connectivity index (χ3v) is 3.62. The van der Waals surface area contributed by atoms with E-state index in [4.69, 9.17) is 14.2 Å². The fourth-order valence-electron chi connectivity index (χ4n) is 2.43. The van der Waals surface area contributed by atoms with Crippen LogP contribution in [0.5, 0.6) is 28.7 Å². The smallest absolute Gasteiger partial charge is 0.210 e. The summed E-state index contributed by atoms with van der Waals surface area (Å²) in [4.78, 5) is 0. The molecule has 24 heavy (non-hydrogen) atoms. The lowest BCUT2D eigenvalue weighted by molar-refractivity contribution is 0.346. The molecule has 4 heteroatoms. The van der Waals surface area contributed by atoms with Gasteiger partial charge in [0.2, 0.25) is 5.75 Å². The first kappa shape index (κ1) is 15.7. The molecule has 0 amide bonds. The molecule has 4 nitrogen and oxygen atoms in total. The fourth-order valence-corrected chi connectivity index (χ4v) is 2.43. The molecule has 0 saturated heterocycles. The average Bonchev–Trinajstić information content (AvgIpc) is 2.62. The van der Waals surface area contributed by atoms with Gasteiger partial charge in [0.1, 0.15) is 5.75 Å². The second-order valence-corrected chi connectivity index (χ2v) is 5.15. The van der Waals surface area contributed by atoms with Gasteiger partial charge in [-0.2, -0.15) is 0 Å². The first-order valence-corrected chi connectivity index (χ1v) is 7.47. The molecular formula is C20H17O4. The summed E-state index contributed by atoms with van der Waals surface area (Å²) in [7, 11) is 3.17. The largest absolute Gasteiger partial charge is 0.493 e. The van der Waals surface area contributed by atoms with Gasteiger partial charge in [-0.1, -0.05) is 30.3 Å². The minimum atomic E-state index is -0.00779. The summed E-state index contributed by atoms with van der Waals surface area (Å²) in [5.74, 6) is 2.36. The topological polar surface area (TPSA) is 47.6 Å². The van der Waals surface area contributed by atoms with Crippen LogP contribution >= 0.6 is 0 Å². The Morgan fingerprint density at radius 2 is 1.33 bits per heavy atom. The molecule has 1 radical (unpaired) electrons. The Balaban J connectivity index is 1.87. The molecule has 0 heterocycles. The Morgan fingerprint density at radius 3 is 1.92 bits per heavy atom. The Bertz CT molecular complexity index is 803. The van der Waals surface area contributed by atoms with Crippen LogP contribution in [0.4, 0.5) is 0 Å². The molecule has 0 aliphatic carbocycles. The van der Waals surface area contributed by atoms with Crippen LogP contribution in [0.25, 0.3) is 11.1 Å². The van der Waals surface area contributed by atoms with Crippen LogP contribution in [0, 0.1) is 0 Å². The van der Waals surface area contributed by atoms with Crippen molar-refractivity contribution in [3.8, 4) is 39.9 Å². The molecule has 121 valence electrons. The third kappa shape index (κ3) is 3.27. The third-order valence-electron chi connectivity index (χ3n) is 3.62. The van der Waals surface area contributed by atoms with Gasteiger partial charge in [-0.05, 0) is 47.5 Å². The number of benzene rings is 3. The molecule has 0 saturated carbocycles. The van der Waals surface area contributed by atoms with E-state index in [2.05, 4.69) is 0 Å². The highest BCUT2D eigenvalue weighted by Crippen LogP contribution is 2.40. The number of para-hydroxylation sites is 1. The molecule has 0 unspecified atom stereocenters. The van der Waals surface area contributed by atoms with Crippen LogP contribution in [0.2, 0.25) is 0 Å². The molecule has 0 bridgehead atoms. The van der Waals surface area contributed by atoms with Crippen LogP contribution in [-0.2, 0) is 5.11 Å². The maximum Gasteiger partial charge on any atom is 0.210 e. The van der Waals surface area contributed by atoms with E-state index in [9.17, 15) is 5.11 Å². The van der Waals surface area contributed by atoms with Crippen molar-refractivity contribution >= 4 is 0 Å². The lowest BCUT2D eigenvalue weighted by Gasteiger charge is -2.14. The molecule has 0 fully saturated rings. The average molecular weight is 321 g/mol. The van der Waals surface area contributed by atoms with Crippen molar-refractivity contribution in [2.45, 2.75) is 0 Å². The summed E-state index contributed by atoms with van der Waals surface area (Å²) in [6.07, 6.45) is 0. The highest BCUT2D eigenvalue weighted by Gasteiger charge is 2.12. The van der Waals surface area contributed by atoms with Crippen molar-refractivity contribution in [1.29, 1.82) is 0 Å². The molecule has 3 rings (SSSR count). The molecule has 3 aromatic carbocycles. The number of rotatable bonds is 5. The Labute approximate surface area is 140 Å². The van der Waals surface area contributed by atoms with E-state index in [1.807, 2.05) is 48.5 Å². The number of ether oxygens (including phenoxy) is 3. The normalized spacial score (nSPS) is 10.2. The molecule has 0 aromatic heterocycles. The summed E-state index contributed by atoms with van der Waals surface area (Å²) >= 11 is 0. The zero-order chi connectivity index (χ0) is 16.9. The predicted octanol–water partition coefficient (Wildman–Crippen LogP) is 5.31. The monoisotopic (exact) mass is 321 g/mol. The highest BCUT2D eigenvalue weighted by molar-refractivity contribution is 5.66. The number of hydrogen-bond acceptors (Lipinski definition) is 3. The number of hydrogen-bond donors (Lipinski definition) is 0. The van der Waals surface area contributed by atoms with Crippen LogP contribution in [0.15, 0.2) is 66.7 Å². The summed E-state index contributed by atoms with van der Waals surface area (Å²) in [6, 6.07) is 19.8. The van der Waals surface area contributed by atoms with Gasteiger partial charge >= 0.3 is 0 Å². The molecule has 0 aliphatic rings. The van der Waals surface area contributed by atoms with Crippen molar-refractivity contribution in [3.05, 3.63) is 66.7 Å². The minimum Gasteiger partial charge on any atom is -0.493 e.